The first-order valence-electron chi connectivity index (χ1n) is 10.8. The lowest BCUT2D eigenvalue weighted by Crippen LogP contribution is -2.54. The second-order valence-corrected chi connectivity index (χ2v) is 9.65. The number of anilines is 1. The Kier molecular flexibility index (Phi) is 7.10. The molecule has 0 aromatic heterocycles. The Morgan fingerprint density at radius 1 is 0.971 bits per heavy atom. The zero-order chi connectivity index (χ0) is 25.3. The zero-order valence-electron chi connectivity index (χ0n) is 19.3. The quantitative estimate of drug-likeness (QED) is 0.298. The Hall–Kier alpha value is -3.42. The SMILES string of the molecule is Cc1cc(C)cc(COc2ccc(Cl)cc2/C=C2/C(=O)NC(=O)N(c3ccc(Br)c(C)c3)C2=O)c1. The number of carbonyl (C=O) groups excluding carboxylic acids is 3. The molecule has 0 aliphatic carbocycles. The highest BCUT2D eigenvalue weighted by atomic mass is 79.9. The fourth-order valence-electron chi connectivity index (χ4n) is 3.89. The van der Waals surface area contributed by atoms with Gasteiger partial charge < -0.3 is 4.74 Å². The highest BCUT2D eigenvalue weighted by Crippen LogP contribution is 2.30. The van der Waals surface area contributed by atoms with Gasteiger partial charge in [-0.05, 0) is 74.4 Å². The van der Waals surface area contributed by atoms with Crippen molar-refractivity contribution in [3.8, 4) is 5.75 Å². The number of barbiturate groups is 1. The van der Waals surface area contributed by atoms with Gasteiger partial charge in [0.2, 0.25) is 0 Å². The molecule has 0 unspecified atom stereocenters. The number of halogens is 2. The predicted octanol–water partition coefficient (Wildman–Crippen LogP) is 6.27. The number of rotatable bonds is 5. The van der Waals surface area contributed by atoms with Gasteiger partial charge in [-0.15, -0.1) is 0 Å². The maximum Gasteiger partial charge on any atom is 0.335 e. The molecule has 4 rings (SSSR count). The van der Waals surface area contributed by atoms with Crippen LogP contribution in [0, 0.1) is 20.8 Å². The van der Waals surface area contributed by atoms with Crippen molar-refractivity contribution in [2.24, 2.45) is 0 Å². The molecule has 1 N–H and O–H groups in total. The van der Waals surface area contributed by atoms with E-state index >= 15 is 0 Å². The molecule has 0 atom stereocenters. The van der Waals surface area contributed by atoms with Gasteiger partial charge in [0.25, 0.3) is 11.8 Å². The minimum Gasteiger partial charge on any atom is -0.488 e. The van der Waals surface area contributed by atoms with Gasteiger partial charge >= 0.3 is 6.03 Å². The molecule has 1 aliphatic heterocycles. The second-order valence-electron chi connectivity index (χ2n) is 8.36. The van der Waals surface area contributed by atoms with Crippen LogP contribution in [0.2, 0.25) is 5.02 Å². The van der Waals surface area contributed by atoms with Crippen LogP contribution in [0.25, 0.3) is 6.08 Å². The van der Waals surface area contributed by atoms with Crippen molar-refractivity contribution in [1.82, 2.24) is 5.32 Å². The van der Waals surface area contributed by atoms with E-state index in [0.29, 0.717) is 28.6 Å². The Morgan fingerprint density at radius 3 is 2.37 bits per heavy atom. The number of nitrogens with one attached hydrogen (secondary N) is 1. The van der Waals surface area contributed by atoms with Crippen LogP contribution in [0.15, 0.2) is 64.6 Å². The number of carbonyl (C=O) groups is 3. The molecule has 1 saturated heterocycles. The molecular weight excluding hydrogens is 532 g/mol. The van der Waals surface area contributed by atoms with E-state index in [4.69, 9.17) is 16.3 Å². The van der Waals surface area contributed by atoms with Crippen molar-refractivity contribution in [2.45, 2.75) is 27.4 Å². The van der Waals surface area contributed by atoms with E-state index in [2.05, 4.69) is 27.3 Å². The lowest BCUT2D eigenvalue weighted by Gasteiger charge is -2.27. The highest BCUT2D eigenvalue weighted by molar-refractivity contribution is 9.10. The molecule has 0 bridgehead atoms. The fourth-order valence-corrected chi connectivity index (χ4v) is 4.32. The van der Waals surface area contributed by atoms with E-state index < -0.39 is 17.8 Å². The molecule has 0 radical (unpaired) electrons. The highest BCUT2D eigenvalue weighted by Gasteiger charge is 2.37. The molecule has 1 aliphatic rings. The monoisotopic (exact) mass is 552 g/mol. The van der Waals surface area contributed by atoms with Crippen LogP contribution in [-0.2, 0) is 16.2 Å². The van der Waals surface area contributed by atoms with Crippen molar-refractivity contribution in [2.75, 3.05) is 4.90 Å². The maximum atomic E-state index is 13.3. The van der Waals surface area contributed by atoms with Gasteiger partial charge in [0.1, 0.15) is 17.9 Å². The molecule has 8 heteroatoms. The minimum atomic E-state index is -0.809. The third-order valence-corrected chi connectivity index (χ3v) is 6.57. The number of hydrogen-bond acceptors (Lipinski definition) is 4. The van der Waals surface area contributed by atoms with Crippen LogP contribution < -0.4 is 15.0 Å². The lowest BCUT2D eigenvalue weighted by atomic mass is 10.1. The number of benzene rings is 3. The number of hydrogen-bond donors (Lipinski definition) is 1. The van der Waals surface area contributed by atoms with E-state index in [9.17, 15) is 14.4 Å². The molecule has 6 nitrogen and oxygen atoms in total. The predicted molar refractivity (Wildman–Crippen MR) is 140 cm³/mol. The minimum absolute atomic E-state index is 0.205. The van der Waals surface area contributed by atoms with Crippen molar-refractivity contribution in [3.05, 3.63) is 97.5 Å². The van der Waals surface area contributed by atoms with E-state index in [1.165, 1.54) is 6.08 Å². The van der Waals surface area contributed by atoms with Crippen molar-refractivity contribution in [3.63, 3.8) is 0 Å². The second kappa shape index (κ2) is 10.1. The molecule has 3 aromatic carbocycles. The summed E-state index contributed by atoms with van der Waals surface area (Å²) < 4.78 is 6.87. The standard InChI is InChI=1S/C27H22BrClN2O4/c1-15-8-16(2)10-18(9-15)14-35-24-7-4-20(29)12-19(24)13-22-25(32)30-27(34)31(26(22)33)21-5-6-23(28)17(3)11-21/h4-13H,14H2,1-3H3,(H,30,32,34)/b22-13-. The first-order chi connectivity index (χ1) is 16.6. The molecule has 1 fully saturated rings. The Bertz CT molecular complexity index is 1380. The van der Waals surface area contributed by atoms with Crippen LogP contribution in [0.1, 0.15) is 27.8 Å². The average Bonchev–Trinajstić information content (AvgIpc) is 2.77. The largest absolute Gasteiger partial charge is 0.488 e. The summed E-state index contributed by atoms with van der Waals surface area (Å²) in [5.41, 5.74) is 4.67. The summed E-state index contributed by atoms with van der Waals surface area (Å²) in [6, 6.07) is 15.3. The molecule has 178 valence electrons. The Morgan fingerprint density at radius 2 is 1.69 bits per heavy atom. The molecule has 0 spiro atoms. The molecule has 0 saturated carbocycles. The van der Waals surface area contributed by atoms with E-state index in [0.717, 1.165) is 31.6 Å². The van der Waals surface area contributed by atoms with Crippen LogP contribution in [-0.4, -0.2) is 17.8 Å². The average molecular weight is 554 g/mol. The fraction of sp³-hybridized carbons (Fsp3) is 0.148. The topological polar surface area (TPSA) is 75.7 Å². The van der Waals surface area contributed by atoms with Gasteiger partial charge in [-0.3, -0.25) is 14.9 Å². The number of urea groups is 1. The van der Waals surface area contributed by atoms with E-state index in [-0.39, 0.29) is 5.57 Å². The van der Waals surface area contributed by atoms with Gasteiger partial charge in [-0.2, -0.15) is 0 Å². The van der Waals surface area contributed by atoms with Crippen LogP contribution in [0.4, 0.5) is 10.5 Å². The summed E-state index contributed by atoms with van der Waals surface area (Å²) in [5, 5.41) is 2.65. The van der Waals surface area contributed by atoms with Gasteiger partial charge in [-0.25, -0.2) is 9.69 Å². The summed E-state index contributed by atoms with van der Waals surface area (Å²) >= 11 is 9.61. The molecule has 4 amide bonds. The number of amides is 4. The molecule has 3 aromatic rings. The normalized spacial score (nSPS) is 14.9. The Labute approximate surface area is 216 Å². The number of aryl methyl sites for hydroxylation is 3. The summed E-state index contributed by atoms with van der Waals surface area (Å²) in [7, 11) is 0. The van der Waals surface area contributed by atoms with Gasteiger partial charge in [0, 0.05) is 15.1 Å². The third kappa shape index (κ3) is 5.47. The molecule has 1 heterocycles. The number of nitrogens with zero attached hydrogens (tertiary/aromatic N) is 1. The smallest absolute Gasteiger partial charge is 0.335 e. The number of imide groups is 2. The summed E-state index contributed by atoms with van der Waals surface area (Å²) in [4.78, 5) is 39.4. The van der Waals surface area contributed by atoms with E-state index in [1.54, 1.807) is 36.4 Å². The first-order valence-corrected chi connectivity index (χ1v) is 12.0. The van der Waals surface area contributed by atoms with Crippen molar-refractivity contribution in [1.29, 1.82) is 0 Å². The van der Waals surface area contributed by atoms with E-state index in [1.807, 2.05) is 32.9 Å². The van der Waals surface area contributed by atoms with Crippen molar-refractivity contribution >= 4 is 57.1 Å². The molecular formula is C27H22BrClN2O4. The lowest BCUT2D eigenvalue weighted by molar-refractivity contribution is -0.122. The summed E-state index contributed by atoms with van der Waals surface area (Å²) in [6.07, 6.45) is 1.39. The van der Waals surface area contributed by atoms with Crippen molar-refractivity contribution < 1.29 is 19.1 Å². The van der Waals surface area contributed by atoms with Crippen LogP contribution in [0.5, 0.6) is 5.75 Å². The van der Waals surface area contributed by atoms with Crippen LogP contribution >= 0.6 is 27.5 Å². The summed E-state index contributed by atoms with van der Waals surface area (Å²) in [5.74, 6) is -1.07. The van der Waals surface area contributed by atoms with Crippen LogP contribution in [0.3, 0.4) is 0 Å². The number of ether oxygens (including phenoxy) is 1. The zero-order valence-corrected chi connectivity index (χ0v) is 21.7. The summed E-state index contributed by atoms with van der Waals surface area (Å²) in [6.45, 7) is 6.17. The van der Waals surface area contributed by atoms with Gasteiger partial charge in [0.05, 0.1) is 5.69 Å². The molecule has 35 heavy (non-hydrogen) atoms. The third-order valence-electron chi connectivity index (χ3n) is 5.45. The maximum absolute atomic E-state index is 13.3. The Balaban J connectivity index is 1.68. The first kappa shape index (κ1) is 24.7. The van der Waals surface area contributed by atoms with Gasteiger partial charge in [0.15, 0.2) is 0 Å². The van der Waals surface area contributed by atoms with Gasteiger partial charge in [-0.1, -0.05) is 56.9 Å².